The van der Waals surface area contributed by atoms with Gasteiger partial charge < -0.3 is 5.73 Å². The second-order valence-electron chi connectivity index (χ2n) is 3.69. The zero-order valence-corrected chi connectivity index (χ0v) is 9.94. The predicted molar refractivity (Wildman–Crippen MR) is 65.9 cm³/mol. The van der Waals surface area contributed by atoms with Crippen molar-refractivity contribution in [2.45, 2.75) is 11.3 Å². The van der Waals surface area contributed by atoms with Gasteiger partial charge in [0.25, 0.3) is 0 Å². The van der Waals surface area contributed by atoms with E-state index < -0.39 is 10.0 Å². The van der Waals surface area contributed by atoms with Crippen molar-refractivity contribution in [3.63, 3.8) is 0 Å². The highest BCUT2D eigenvalue weighted by Gasteiger charge is 2.13. The van der Waals surface area contributed by atoms with Crippen LogP contribution >= 0.6 is 0 Å². The summed E-state index contributed by atoms with van der Waals surface area (Å²) in [6.45, 7) is 0.464. The summed E-state index contributed by atoms with van der Waals surface area (Å²) in [5.74, 6) is 0. The van der Waals surface area contributed by atoms with E-state index in [0.29, 0.717) is 18.4 Å². The number of sulfonamides is 1. The molecule has 0 atom stereocenters. The molecule has 2 rings (SSSR count). The van der Waals surface area contributed by atoms with Crippen LogP contribution in [0.4, 0.5) is 0 Å². The van der Waals surface area contributed by atoms with Gasteiger partial charge in [-0.2, -0.15) is 0 Å². The quantitative estimate of drug-likeness (QED) is 0.823. The van der Waals surface area contributed by atoms with Crippen LogP contribution in [-0.2, 0) is 16.4 Å². The van der Waals surface area contributed by atoms with Gasteiger partial charge >= 0.3 is 0 Å². The fourth-order valence-electron chi connectivity index (χ4n) is 1.82. The molecule has 17 heavy (non-hydrogen) atoms. The maximum Gasteiger partial charge on any atom is 0.238 e. The van der Waals surface area contributed by atoms with Gasteiger partial charge in [-0.05, 0) is 18.7 Å². The molecule has 1 aromatic carbocycles. The molecular weight excluding hydrogens is 238 g/mol. The average molecular weight is 251 g/mol. The van der Waals surface area contributed by atoms with Crippen LogP contribution in [0.5, 0.6) is 0 Å². The van der Waals surface area contributed by atoms with Crippen molar-refractivity contribution in [3.05, 3.63) is 36.2 Å². The lowest BCUT2D eigenvalue weighted by molar-refractivity contribution is 0.598. The fraction of sp³-hybridized carbons (Fsp3) is 0.182. The smallest absolute Gasteiger partial charge is 0.238 e. The minimum absolute atomic E-state index is 0.121. The Bertz CT molecular complexity index is 653. The van der Waals surface area contributed by atoms with E-state index in [4.69, 9.17) is 10.9 Å². The molecule has 0 saturated heterocycles. The topological polar surface area (TPSA) is 99.1 Å². The first kappa shape index (κ1) is 12.0. The number of nitrogens with zero attached hydrogens (tertiary/aromatic N) is 1. The number of hydrogen-bond donors (Lipinski definition) is 2. The highest BCUT2D eigenvalue weighted by Crippen LogP contribution is 2.23. The first-order valence-electron chi connectivity index (χ1n) is 5.13. The Morgan fingerprint density at radius 1 is 1.18 bits per heavy atom. The predicted octanol–water partition coefficient (Wildman–Crippen LogP) is 0.383. The number of rotatable bonds is 3. The summed E-state index contributed by atoms with van der Waals surface area (Å²) >= 11 is 0. The van der Waals surface area contributed by atoms with Crippen LogP contribution in [0.15, 0.2) is 35.4 Å². The number of aromatic nitrogens is 1. The van der Waals surface area contributed by atoms with Gasteiger partial charge in [0.2, 0.25) is 10.0 Å². The lowest BCUT2D eigenvalue weighted by atomic mass is 10.1. The van der Waals surface area contributed by atoms with E-state index in [-0.39, 0.29) is 4.90 Å². The largest absolute Gasteiger partial charge is 0.330 e. The molecule has 1 heterocycles. The van der Waals surface area contributed by atoms with Crippen LogP contribution < -0.4 is 10.9 Å². The Morgan fingerprint density at radius 3 is 2.59 bits per heavy atom. The van der Waals surface area contributed by atoms with Crippen molar-refractivity contribution in [1.82, 2.24) is 4.98 Å². The second-order valence-corrected chi connectivity index (χ2v) is 5.22. The molecular formula is C11H13N3O2S. The average Bonchev–Trinajstić information content (AvgIpc) is 2.28. The molecule has 0 spiro atoms. The molecule has 90 valence electrons. The minimum Gasteiger partial charge on any atom is -0.330 e. The van der Waals surface area contributed by atoms with Crippen LogP contribution in [0.2, 0.25) is 0 Å². The van der Waals surface area contributed by atoms with Gasteiger partial charge in [-0.15, -0.1) is 0 Å². The number of benzene rings is 1. The third-order valence-corrected chi connectivity index (χ3v) is 3.51. The van der Waals surface area contributed by atoms with Crippen LogP contribution in [0.3, 0.4) is 0 Å². The third kappa shape index (κ3) is 2.28. The van der Waals surface area contributed by atoms with Gasteiger partial charge in [-0.25, -0.2) is 13.6 Å². The van der Waals surface area contributed by atoms with Crippen molar-refractivity contribution in [2.24, 2.45) is 10.9 Å². The Balaban J connectivity index is 2.79. The summed E-state index contributed by atoms with van der Waals surface area (Å²) in [5.41, 5.74) is 6.28. The number of pyridine rings is 1. The van der Waals surface area contributed by atoms with Crippen molar-refractivity contribution in [3.8, 4) is 0 Å². The molecule has 0 aliphatic carbocycles. The van der Waals surface area contributed by atoms with E-state index in [1.54, 1.807) is 18.3 Å². The van der Waals surface area contributed by atoms with Gasteiger partial charge in [0.05, 0.1) is 4.90 Å². The molecule has 6 heteroatoms. The molecule has 0 fully saturated rings. The first-order chi connectivity index (χ1) is 8.04. The van der Waals surface area contributed by atoms with Gasteiger partial charge in [-0.3, -0.25) is 4.98 Å². The molecule has 1 aromatic heterocycles. The maximum absolute atomic E-state index is 11.4. The number of fused-ring (bicyclic) bond motifs is 1. The standard InChI is InChI=1S/C11H13N3O2S/c12-6-4-10-8-2-1-3-11(17(13,15)16)9(8)5-7-14-10/h1-3,5,7H,4,6,12H2,(H2,13,15,16). The van der Waals surface area contributed by atoms with Crippen molar-refractivity contribution in [2.75, 3.05) is 6.54 Å². The number of nitrogens with two attached hydrogens (primary N) is 2. The summed E-state index contributed by atoms with van der Waals surface area (Å²) in [6, 6.07) is 6.62. The summed E-state index contributed by atoms with van der Waals surface area (Å²) in [6.07, 6.45) is 2.17. The third-order valence-electron chi connectivity index (χ3n) is 2.54. The molecule has 0 radical (unpaired) electrons. The molecule has 0 aliphatic heterocycles. The molecule has 4 N–H and O–H groups in total. The molecule has 0 saturated carbocycles. The molecule has 5 nitrogen and oxygen atoms in total. The molecule has 0 amide bonds. The Kier molecular flexibility index (Phi) is 3.10. The normalized spacial score (nSPS) is 11.9. The number of hydrogen-bond acceptors (Lipinski definition) is 4. The molecule has 0 aliphatic rings. The van der Waals surface area contributed by atoms with Crippen LogP contribution in [0.1, 0.15) is 5.69 Å². The van der Waals surface area contributed by atoms with Gasteiger partial charge in [0.15, 0.2) is 0 Å². The van der Waals surface area contributed by atoms with E-state index in [1.807, 2.05) is 6.07 Å². The molecule has 2 aromatic rings. The Morgan fingerprint density at radius 2 is 1.94 bits per heavy atom. The van der Waals surface area contributed by atoms with E-state index in [2.05, 4.69) is 4.98 Å². The lowest BCUT2D eigenvalue weighted by Gasteiger charge is -2.07. The second kappa shape index (κ2) is 4.40. The number of primary sulfonamides is 1. The lowest BCUT2D eigenvalue weighted by Crippen LogP contribution is -2.13. The van der Waals surface area contributed by atoms with Gasteiger partial charge in [-0.1, -0.05) is 12.1 Å². The van der Waals surface area contributed by atoms with Crippen molar-refractivity contribution >= 4 is 20.8 Å². The highest BCUT2D eigenvalue weighted by atomic mass is 32.2. The maximum atomic E-state index is 11.4. The van der Waals surface area contributed by atoms with E-state index in [9.17, 15) is 8.42 Å². The van der Waals surface area contributed by atoms with E-state index >= 15 is 0 Å². The first-order valence-corrected chi connectivity index (χ1v) is 6.68. The Labute approximate surface area is 99.5 Å². The summed E-state index contributed by atoms with van der Waals surface area (Å²) in [4.78, 5) is 4.33. The van der Waals surface area contributed by atoms with Gasteiger partial charge in [0.1, 0.15) is 0 Å². The van der Waals surface area contributed by atoms with Crippen LogP contribution in [0.25, 0.3) is 10.8 Å². The fourth-order valence-corrected chi connectivity index (χ4v) is 2.58. The summed E-state index contributed by atoms with van der Waals surface area (Å²) in [5, 5.41) is 6.55. The minimum atomic E-state index is -3.72. The van der Waals surface area contributed by atoms with E-state index in [1.165, 1.54) is 6.07 Å². The zero-order valence-electron chi connectivity index (χ0n) is 9.13. The highest BCUT2D eigenvalue weighted by molar-refractivity contribution is 7.89. The van der Waals surface area contributed by atoms with Crippen LogP contribution in [0, 0.1) is 0 Å². The van der Waals surface area contributed by atoms with Crippen LogP contribution in [-0.4, -0.2) is 19.9 Å². The monoisotopic (exact) mass is 251 g/mol. The SMILES string of the molecule is NCCc1nccc2c(S(N)(=O)=O)cccc12. The van der Waals surface area contributed by atoms with Gasteiger partial charge in [0, 0.05) is 29.1 Å². The van der Waals surface area contributed by atoms with Crippen molar-refractivity contribution in [1.29, 1.82) is 0 Å². The summed E-state index contributed by atoms with van der Waals surface area (Å²) < 4.78 is 22.9. The Hall–Kier alpha value is -1.50. The zero-order chi connectivity index (χ0) is 12.5. The van der Waals surface area contributed by atoms with Crippen molar-refractivity contribution < 1.29 is 8.42 Å². The molecule has 0 bridgehead atoms. The summed E-state index contributed by atoms with van der Waals surface area (Å²) in [7, 11) is -3.72. The van der Waals surface area contributed by atoms with E-state index in [0.717, 1.165) is 11.1 Å². The molecule has 0 unspecified atom stereocenters.